The van der Waals surface area contributed by atoms with Crippen LogP contribution in [0, 0.1) is 0 Å². The van der Waals surface area contributed by atoms with E-state index in [0.29, 0.717) is 13.0 Å². The van der Waals surface area contributed by atoms with Gasteiger partial charge >= 0.3 is 0 Å². The Hall–Kier alpha value is -2.95. The van der Waals surface area contributed by atoms with Crippen molar-refractivity contribution in [2.24, 2.45) is 0 Å². The average molecular weight is 433 g/mol. The second-order valence-electron chi connectivity index (χ2n) is 6.97. The molecular formula is C20H24N4O5S. The summed E-state index contributed by atoms with van der Waals surface area (Å²) in [6, 6.07) is 15.0. The molecule has 0 bridgehead atoms. The van der Waals surface area contributed by atoms with E-state index in [4.69, 9.17) is 0 Å². The maximum Gasteiger partial charge on any atom is 0.253 e. The number of benzene rings is 2. The molecule has 3 atom stereocenters. The highest BCUT2D eigenvalue weighted by Gasteiger charge is 2.42. The van der Waals surface area contributed by atoms with Crippen molar-refractivity contribution in [1.82, 2.24) is 16.0 Å². The lowest BCUT2D eigenvalue weighted by atomic mass is 10.1. The number of para-hydroxylation sites is 1. The van der Waals surface area contributed by atoms with E-state index < -0.39 is 39.5 Å². The smallest absolute Gasteiger partial charge is 0.253 e. The molecule has 0 spiro atoms. The molecular weight excluding hydrogens is 408 g/mol. The number of aliphatic hydroxyl groups is 1. The van der Waals surface area contributed by atoms with Crippen LogP contribution in [0.1, 0.15) is 22.8 Å². The third-order valence-electron chi connectivity index (χ3n) is 4.71. The van der Waals surface area contributed by atoms with Gasteiger partial charge < -0.3 is 15.7 Å². The van der Waals surface area contributed by atoms with E-state index in [2.05, 4.69) is 20.7 Å². The van der Waals surface area contributed by atoms with Crippen molar-refractivity contribution in [3.8, 4) is 0 Å². The first-order valence-corrected chi connectivity index (χ1v) is 11.0. The fourth-order valence-corrected chi connectivity index (χ4v) is 4.86. The number of hydrogen-bond donors (Lipinski definition) is 5. The summed E-state index contributed by atoms with van der Waals surface area (Å²) in [5, 5.41) is 15.5. The van der Waals surface area contributed by atoms with Crippen LogP contribution in [-0.4, -0.2) is 49.5 Å². The van der Waals surface area contributed by atoms with E-state index in [0.717, 1.165) is 5.56 Å². The van der Waals surface area contributed by atoms with Gasteiger partial charge in [0.25, 0.3) is 5.91 Å². The molecule has 1 aliphatic heterocycles. The zero-order valence-corrected chi connectivity index (χ0v) is 17.1. The Bertz CT molecular complexity index is 1010. The Kier molecular flexibility index (Phi) is 6.70. The number of hydrogen-bond acceptors (Lipinski definition) is 6. The molecule has 30 heavy (non-hydrogen) atoms. The van der Waals surface area contributed by atoms with E-state index in [1.165, 1.54) is 19.1 Å². The summed E-state index contributed by atoms with van der Waals surface area (Å²) >= 11 is 0. The lowest BCUT2D eigenvalue weighted by molar-refractivity contribution is -0.127. The van der Waals surface area contributed by atoms with Gasteiger partial charge in [0.2, 0.25) is 15.9 Å². The first-order valence-electron chi connectivity index (χ1n) is 9.45. The molecule has 5 N–H and O–H groups in total. The van der Waals surface area contributed by atoms with Gasteiger partial charge in [-0.2, -0.15) is 0 Å². The Balaban J connectivity index is 1.71. The van der Waals surface area contributed by atoms with Crippen LogP contribution in [0.5, 0.6) is 0 Å². The van der Waals surface area contributed by atoms with Gasteiger partial charge in [0.05, 0.1) is 11.3 Å². The highest BCUT2D eigenvalue weighted by atomic mass is 32.2. The van der Waals surface area contributed by atoms with Crippen LogP contribution in [0.3, 0.4) is 0 Å². The third-order valence-corrected chi connectivity index (χ3v) is 6.51. The van der Waals surface area contributed by atoms with E-state index in [9.17, 15) is 23.1 Å². The zero-order valence-electron chi connectivity index (χ0n) is 16.3. The molecule has 1 aliphatic rings. The van der Waals surface area contributed by atoms with Crippen LogP contribution in [0.4, 0.5) is 5.69 Å². The van der Waals surface area contributed by atoms with Gasteiger partial charge in [-0.3, -0.25) is 19.6 Å². The van der Waals surface area contributed by atoms with E-state index >= 15 is 0 Å². The molecule has 10 heteroatoms. The molecule has 9 nitrogen and oxygen atoms in total. The van der Waals surface area contributed by atoms with E-state index in [1.54, 1.807) is 12.1 Å². The molecule has 2 amide bonds. The zero-order chi connectivity index (χ0) is 21.7. The maximum absolute atomic E-state index is 12.8. The van der Waals surface area contributed by atoms with Crippen LogP contribution in [0.25, 0.3) is 0 Å². The predicted octanol–water partition coefficient (Wildman–Crippen LogP) is 0.153. The second-order valence-corrected chi connectivity index (χ2v) is 8.77. The summed E-state index contributed by atoms with van der Waals surface area (Å²) in [5.74, 6) is -1.26. The molecule has 1 saturated heterocycles. The van der Waals surface area contributed by atoms with Crippen molar-refractivity contribution < 1.29 is 23.1 Å². The lowest BCUT2D eigenvalue weighted by Crippen LogP contribution is -2.65. The Labute approximate surface area is 174 Å². The van der Waals surface area contributed by atoms with Gasteiger partial charge in [-0.1, -0.05) is 42.5 Å². The van der Waals surface area contributed by atoms with Gasteiger partial charge in [0.1, 0.15) is 0 Å². The fourth-order valence-electron chi connectivity index (χ4n) is 3.28. The lowest BCUT2D eigenvalue weighted by Gasteiger charge is -2.32. The number of sulfonamides is 1. The summed E-state index contributed by atoms with van der Waals surface area (Å²) in [5.41, 5.74) is 1.28. The minimum atomic E-state index is -4.19. The number of amides is 2. The second kappa shape index (κ2) is 9.24. The molecule has 0 saturated carbocycles. The number of anilines is 1. The van der Waals surface area contributed by atoms with Crippen LogP contribution < -0.4 is 20.7 Å². The Morgan fingerprint density at radius 3 is 2.47 bits per heavy atom. The molecule has 0 aromatic heterocycles. The van der Waals surface area contributed by atoms with Gasteiger partial charge in [-0.25, -0.2) is 8.42 Å². The van der Waals surface area contributed by atoms with Gasteiger partial charge in [0.15, 0.2) is 11.6 Å². The minimum absolute atomic E-state index is 0.0702. The van der Waals surface area contributed by atoms with Gasteiger partial charge in [-0.05, 0) is 31.0 Å². The van der Waals surface area contributed by atoms with Crippen LogP contribution in [0.2, 0.25) is 0 Å². The van der Waals surface area contributed by atoms with E-state index in [1.807, 2.05) is 30.3 Å². The molecule has 3 rings (SSSR count). The van der Waals surface area contributed by atoms with Crippen molar-refractivity contribution in [1.29, 1.82) is 0 Å². The van der Waals surface area contributed by atoms with Crippen LogP contribution >= 0.6 is 0 Å². The van der Waals surface area contributed by atoms with E-state index in [-0.39, 0.29) is 11.3 Å². The van der Waals surface area contributed by atoms with Crippen LogP contribution in [0.15, 0.2) is 54.6 Å². The standard InChI is InChI=1S/C20H24N4O5S/c1-13-17(19(26)23-20(27)22-13)30(28,29)24-16-10-6-5-9-15(16)18(25)21-12-11-14-7-3-2-4-8-14/h2-10,13,17,20,22,24,27H,11-12H2,1H3,(H,21,25)(H,23,26). The Morgan fingerprint density at radius 2 is 1.77 bits per heavy atom. The van der Waals surface area contributed by atoms with Crippen molar-refractivity contribution in [3.05, 3.63) is 65.7 Å². The molecule has 0 radical (unpaired) electrons. The minimum Gasteiger partial charge on any atom is -0.361 e. The SMILES string of the molecule is CC1NC(O)NC(=O)C1S(=O)(=O)Nc1ccccc1C(=O)NCCc1ccccc1. The molecule has 160 valence electrons. The number of nitrogens with one attached hydrogen (secondary N) is 4. The fraction of sp³-hybridized carbons (Fsp3) is 0.300. The number of carbonyl (C=O) groups is 2. The molecule has 1 heterocycles. The summed E-state index contributed by atoms with van der Waals surface area (Å²) in [4.78, 5) is 24.8. The molecule has 3 unspecified atom stereocenters. The summed E-state index contributed by atoms with van der Waals surface area (Å²) in [6.45, 7) is 1.86. The molecule has 2 aromatic rings. The first-order chi connectivity index (χ1) is 14.3. The van der Waals surface area contributed by atoms with Gasteiger partial charge in [-0.15, -0.1) is 0 Å². The summed E-state index contributed by atoms with van der Waals surface area (Å²) in [7, 11) is -4.19. The van der Waals surface area contributed by atoms with Crippen molar-refractivity contribution >= 4 is 27.5 Å². The topological polar surface area (TPSA) is 137 Å². The highest BCUT2D eigenvalue weighted by molar-refractivity contribution is 7.94. The van der Waals surface area contributed by atoms with Gasteiger partial charge in [0, 0.05) is 12.6 Å². The molecule has 0 aliphatic carbocycles. The van der Waals surface area contributed by atoms with Crippen molar-refractivity contribution in [2.75, 3.05) is 11.3 Å². The van der Waals surface area contributed by atoms with Crippen molar-refractivity contribution in [3.63, 3.8) is 0 Å². The monoisotopic (exact) mass is 432 g/mol. The first kappa shape index (κ1) is 21.8. The number of rotatable bonds is 7. The Morgan fingerprint density at radius 1 is 1.10 bits per heavy atom. The normalized spacial score (nSPS) is 21.5. The summed E-state index contributed by atoms with van der Waals surface area (Å²) < 4.78 is 28.0. The largest absolute Gasteiger partial charge is 0.361 e. The van der Waals surface area contributed by atoms with Crippen molar-refractivity contribution in [2.45, 2.75) is 31.0 Å². The summed E-state index contributed by atoms with van der Waals surface area (Å²) in [6.07, 6.45) is -0.685. The number of carbonyl (C=O) groups excluding carboxylic acids is 2. The third kappa shape index (κ3) is 5.15. The molecule has 2 aromatic carbocycles. The number of aliphatic hydroxyl groups excluding tert-OH is 1. The average Bonchev–Trinajstić information content (AvgIpc) is 2.67. The highest BCUT2D eigenvalue weighted by Crippen LogP contribution is 2.20. The van der Waals surface area contributed by atoms with Crippen LogP contribution in [-0.2, 0) is 21.2 Å². The maximum atomic E-state index is 12.8. The quantitative estimate of drug-likeness (QED) is 0.423. The molecule has 1 fully saturated rings. The predicted molar refractivity (Wildman–Crippen MR) is 112 cm³/mol.